The second-order valence-electron chi connectivity index (χ2n) is 3.40. The lowest BCUT2D eigenvalue weighted by Gasteiger charge is -2.06. The molecule has 0 saturated carbocycles. The first-order chi connectivity index (χ1) is 9.17. The van der Waals surface area contributed by atoms with Crippen LogP contribution in [-0.2, 0) is 0 Å². The third-order valence-electron chi connectivity index (χ3n) is 2.09. The minimum atomic E-state index is -0.969. The third-order valence-corrected chi connectivity index (χ3v) is 2.09. The van der Waals surface area contributed by atoms with Gasteiger partial charge < -0.3 is 19.9 Å². The molecule has 2 aromatic rings. The first-order valence-electron chi connectivity index (χ1n) is 5.28. The van der Waals surface area contributed by atoms with Gasteiger partial charge in [-0.3, -0.25) is 0 Å². The fourth-order valence-electron chi connectivity index (χ4n) is 1.28. The second kappa shape index (κ2) is 5.67. The standard InChI is InChI=1S/C12H11N3O4/c1-17-8-2-4-9(5-3-8)18-10-6-14-12(15-7-10)19-11(13)16/h2-7H,1H3,(H2,13,16). The fourth-order valence-corrected chi connectivity index (χ4v) is 1.28. The number of amides is 1. The first-order valence-corrected chi connectivity index (χ1v) is 5.28. The minimum absolute atomic E-state index is 0.130. The van der Waals surface area contributed by atoms with Gasteiger partial charge in [0.1, 0.15) is 11.5 Å². The number of nitrogens with zero attached hydrogens (tertiary/aromatic N) is 2. The molecule has 0 spiro atoms. The zero-order valence-electron chi connectivity index (χ0n) is 10.1. The van der Waals surface area contributed by atoms with Crippen molar-refractivity contribution in [2.75, 3.05) is 7.11 Å². The number of nitrogens with two attached hydrogens (primary N) is 1. The molecule has 1 aromatic carbocycles. The zero-order valence-corrected chi connectivity index (χ0v) is 10.1. The molecule has 0 atom stereocenters. The minimum Gasteiger partial charge on any atom is -0.497 e. The predicted molar refractivity (Wildman–Crippen MR) is 65.3 cm³/mol. The summed E-state index contributed by atoms with van der Waals surface area (Å²) in [5.41, 5.74) is 4.83. The van der Waals surface area contributed by atoms with E-state index in [0.717, 1.165) is 5.75 Å². The quantitative estimate of drug-likeness (QED) is 0.900. The molecule has 0 aliphatic rings. The highest BCUT2D eigenvalue weighted by atomic mass is 16.6. The largest absolute Gasteiger partial charge is 0.497 e. The molecule has 0 bridgehead atoms. The molecule has 0 unspecified atom stereocenters. The maximum atomic E-state index is 10.5. The van der Waals surface area contributed by atoms with Crippen molar-refractivity contribution in [2.45, 2.75) is 0 Å². The number of primary amides is 1. The highest BCUT2D eigenvalue weighted by Crippen LogP contribution is 2.23. The SMILES string of the molecule is COc1ccc(Oc2cnc(OC(N)=O)nc2)cc1. The molecule has 7 nitrogen and oxygen atoms in total. The van der Waals surface area contributed by atoms with Gasteiger partial charge in [0, 0.05) is 0 Å². The Morgan fingerprint density at radius 2 is 1.63 bits per heavy atom. The Bertz CT molecular complexity index is 554. The molecule has 7 heteroatoms. The van der Waals surface area contributed by atoms with E-state index in [2.05, 4.69) is 14.7 Å². The maximum absolute atomic E-state index is 10.5. The molecule has 0 aliphatic carbocycles. The van der Waals surface area contributed by atoms with Gasteiger partial charge >= 0.3 is 12.1 Å². The molecule has 1 heterocycles. The van der Waals surface area contributed by atoms with Gasteiger partial charge in [-0.1, -0.05) is 0 Å². The van der Waals surface area contributed by atoms with E-state index >= 15 is 0 Å². The van der Waals surface area contributed by atoms with E-state index < -0.39 is 6.09 Å². The molecule has 0 saturated heterocycles. The average Bonchev–Trinajstić information content (AvgIpc) is 2.41. The van der Waals surface area contributed by atoms with Crippen LogP contribution in [-0.4, -0.2) is 23.2 Å². The van der Waals surface area contributed by atoms with Crippen LogP contribution in [0.2, 0.25) is 0 Å². The molecule has 1 amide bonds. The van der Waals surface area contributed by atoms with Crippen LogP contribution >= 0.6 is 0 Å². The van der Waals surface area contributed by atoms with Gasteiger partial charge in [0.15, 0.2) is 5.75 Å². The summed E-state index contributed by atoms with van der Waals surface area (Å²) in [5, 5.41) is 0. The third kappa shape index (κ3) is 3.56. The van der Waals surface area contributed by atoms with Crippen LogP contribution in [0.25, 0.3) is 0 Å². The van der Waals surface area contributed by atoms with E-state index in [9.17, 15) is 4.79 Å². The van der Waals surface area contributed by atoms with E-state index in [0.29, 0.717) is 11.5 Å². The number of carbonyl (C=O) groups is 1. The Balaban J connectivity index is 2.04. The van der Waals surface area contributed by atoms with E-state index in [1.807, 2.05) is 0 Å². The lowest BCUT2D eigenvalue weighted by molar-refractivity contribution is 0.206. The van der Waals surface area contributed by atoms with Crippen LogP contribution in [0, 0.1) is 0 Å². The van der Waals surface area contributed by atoms with Crippen molar-refractivity contribution in [3.8, 4) is 23.3 Å². The summed E-state index contributed by atoms with van der Waals surface area (Å²) < 4.78 is 15.0. The molecule has 19 heavy (non-hydrogen) atoms. The van der Waals surface area contributed by atoms with E-state index in [1.54, 1.807) is 31.4 Å². The summed E-state index contributed by atoms with van der Waals surface area (Å²) >= 11 is 0. The monoisotopic (exact) mass is 261 g/mol. The molecule has 2 N–H and O–H groups in total. The van der Waals surface area contributed by atoms with Gasteiger partial charge in [0.2, 0.25) is 0 Å². The van der Waals surface area contributed by atoms with Crippen LogP contribution < -0.4 is 19.9 Å². The van der Waals surface area contributed by atoms with Crippen molar-refractivity contribution >= 4 is 6.09 Å². The van der Waals surface area contributed by atoms with E-state index in [1.165, 1.54) is 12.4 Å². The highest BCUT2D eigenvalue weighted by molar-refractivity contribution is 5.66. The van der Waals surface area contributed by atoms with Crippen LogP contribution in [0.1, 0.15) is 0 Å². The predicted octanol–water partition coefficient (Wildman–Crippen LogP) is 1.73. The number of carbonyl (C=O) groups excluding carboxylic acids is 1. The Morgan fingerprint density at radius 1 is 1.05 bits per heavy atom. The van der Waals surface area contributed by atoms with Gasteiger partial charge in [-0.15, -0.1) is 0 Å². The van der Waals surface area contributed by atoms with Gasteiger partial charge in [0.05, 0.1) is 19.5 Å². The van der Waals surface area contributed by atoms with Crippen LogP contribution in [0.5, 0.6) is 23.3 Å². The Kier molecular flexibility index (Phi) is 3.77. The molecular formula is C12H11N3O4. The first kappa shape index (κ1) is 12.6. The van der Waals surface area contributed by atoms with Crippen LogP contribution in [0.3, 0.4) is 0 Å². The molecule has 0 fully saturated rings. The maximum Gasteiger partial charge on any atom is 0.412 e. The smallest absolute Gasteiger partial charge is 0.412 e. The number of hydrogen-bond acceptors (Lipinski definition) is 6. The molecule has 0 radical (unpaired) electrons. The summed E-state index contributed by atoms with van der Waals surface area (Å²) in [5.74, 6) is 1.74. The van der Waals surface area contributed by atoms with Crippen LogP contribution in [0.15, 0.2) is 36.7 Å². The Morgan fingerprint density at radius 3 is 2.16 bits per heavy atom. The van der Waals surface area contributed by atoms with Gasteiger partial charge in [-0.2, -0.15) is 9.97 Å². The normalized spacial score (nSPS) is 9.74. The summed E-state index contributed by atoms with van der Waals surface area (Å²) in [7, 11) is 1.58. The Hall–Kier alpha value is -2.83. The topological polar surface area (TPSA) is 96.6 Å². The summed E-state index contributed by atoms with van der Waals surface area (Å²) in [4.78, 5) is 18.0. The summed E-state index contributed by atoms with van der Waals surface area (Å²) in [6.45, 7) is 0. The molecular weight excluding hydrogens is 250 g/mol. The van der Waals surface area contributed by atoms with Crippen LogP contribution in [0.4, 0.5) is 4.79 Å². The Labute approximate surface area is 108 Å². The van der Waals surface area contributed by atoms with Crippen molar-refractivity contribution in [1.82, 2.24) is 9.97 Å². The lowest BCUT2D eigenvalue weighted by atomic mass is 10.3. The number of methoxy groups -OCH3 is 1. The average molecular weight is 261 g/mol. The van der Waals surface area contributed by atoms with Crippen molar-refractivity contribution in [3.05, 3.63) is 36.7 Å². The zero-order chi connectivity index (χ0) is 13.7. The molecule has 1 aromatic heterocycles. The van der Waals surface area contributed by atoms with Gasteiger partial charge in [0.25, 0.3) is 0 Å². The number of ether oxygens (including phenoxy) is 3. The van der Waals surface area contributed by atoms with E-state index in [-0.39, 0.29) is 6.01 Å². The van der Waals surface area contributed by atoms with Crippen molar-refractivity contribution in [1.29, 1.82) is 0 Å². The van der Waals surface area contributed by atoms with Crippen molar-refractivity contribution < 1.29 is 19.0 Å². The second-order valence-corrected chi connectivity index (χ2v) is 3.40. The number of benzene rings is 1. The summed E-state index contributed by atoms with van der Waals surface area (Å²) in [6.07, 6.45) is 1.77. The number of rotatable bonds is 4. The summed E-state index contributed by atoms with van der Waals surface area (Å²) in [6, 6.07) is 6.88. The van der Waals surface area contributed by atoms with Crippen molar-refractivity contribution in [2.24, 2.45) is 5.73 Å². The lowest BCUT2D eigenvalue weighted by Crippen LogP contribution is -2.17. The molecule has 2 rings (SSSR count). The number of aromatic nitrogens is 2. The highest BCUT2D eigenvalue weighted by Gasteiger charge is 2.03. The van der Waals surface area contributed by atoms with Gasteiger partial charge in [-0.05, 0) is 24.3 Å². The number of hydrogen-bond donors (Lipinski definition) is 1. The fraction of sp³-hybridized carbons (Fsp3) is 0.0833. The van der Waals surface area contributed by atoms with Gasteiger partial charge in [-0.25, -0.2) is 4.79 Å². The van der Waals surface area contributed by atoms with E-state index in [4.69, 9.17) is 15.2 Å². The van der Waals surface area contributed by atoms with Crippen molar-refractivity contribution in [3.63, 3.8) is 0 Å². The molecule has 98 valence electrons. The molecule has 0 aliphatic heterocycles.